The van der Waals surface area contributed by atoms with E-state index in [2.05, 4.69) is 11.9 Å². The molecule has 0 unspecified atom stereocenters. The van der Waals surface area contributed by atoms with Gasteiger partial charge in [0.25, 0.3) is 11.8 Å². The maximum absolute atomic E-state index is 13.3. The molecule has 15 heteroatoms. The second-order valence-corrected chi connectivity index (χ2v) is 9.61. The van der Waals surface area contributed by atoms with Crippen LogP contribution in [0.25, 0.3) is 6.08 Å². The van der Waals surface area contributed by atoms with E-state index < -0.39 is 51.5 Å². The number of amides is 4. The summed E-state index contributed by atoms with van der Waals surface area (Å²) in [5.74, 6) is -2.58. The molecule has 1 heterocycles. The molecule has 4 rings (SSSR count). The zero-order chi connectivity index (χ0) is 31.6. The molecule has 0 spiro atoms. The Bertz CT molecular complexity index is 1720. The molecule has 0 saturated carbocycles. The summed E-state index contributed by atoms with van der Waals surface area (Å²) in [4.78, 5) is 49.8. The van der Waals surface area contributed by atoms with E-state index in [-0.39, 0.29) is 44.8 Å². The molecule has 1 aliphatic rings. The smallest absolute Gasteiger partial charge is 0.416 e. The van der Waals surface area contributed by atoms with Crippen molar-refractivity contribution >= 4 is 58.5 Å². The van der Waals surface area contributed by atoms with E-state index in [0.29, 0.717) is 17.0 Å². The van der Waals surface area contributed by atoms with Crippen molar-refractivity contribution in [2.24, 2.45) is 0 Å². The number of nitro groups is 1. The number of halogens is 5. The second kappa shape index (κ2) is 12.2. The number of hydrogen-bond donors (Lipinski definition) is 1. The van der Waals surface area contributed by atoms with Gasteiger partial charge in [-0.2, -0.15) is 13.2 Å². The van der Waals surface area contributed by atoms with Crippen molar-refractivity contribution in [1.82, 2.24) is 5.32 Å². The molecule has 1 N–H and O–H groups in total. The Morgan fingerprint density at radius 1 is 1.05 bits per heavy atom. The van der Waals surface area contributed by atoms with Crippen LogP contribution in [-0.2, 0) is 22.2 Å². The van der Waals surface area contributed by atoms with Gasteiger partial charge in [0.2, 0.25) is 5.75 Å². The number of urea groups is 1. The average Bonchev–Trinajstić information content (AvgIpc) is 2.93. The number of benzene rings is 3. The van der Waals surface area contributed by atoms with Gasteiger partial charge in [0, 0.05) is 11.6 Å². The first-order chi connectivity index (χ1) is 20.2. The molecule has 0 radical (unpaired) electrons. The van der Waals surface area contributed by atoms with Gasteiger partial charge in [-0.1, -0.05) is 29.3 Å². The molecule has 1 fully saturated rings. The second-order valence-electron chi connectivity index (χ2n) is 8.80. The summed E-state index contributed by atoms with van der Waals surface area (Å²) >= 11 is 12.0. The van der Waals surface area contributed by atoms with E-state index in [1.807, 2.05) is 0 Å². The lowest BCUT2D eigenvalue weighted by Crippen LogP contribution is -2.54. The molecule has 10 nitrogen and oxygen atoms in total. The maximum atomic E-state index is 13.3. The zero-order valence-corrected chi connectivity index (χ0v) is 23.3. The third-order valence-corrected chi connectivity index (χ3v) is 6.75. The molecule has 222 valence electrons. The molecule has 43 heavy (non-hydrogen) atoms. The summed E-state index contributed by atoms with van der Waals surface area (Å²) in [7, 11) is 1.24. The molecule has 0 aliphatic carbocycles. The van der Waals surface area contributed by atoms with Crippen molar-refractivity contribution in [3.63, 3.8) is 0 Å². The lowest BCUT2D eigenvalue weighted by molar-refractivity contribution is -0.385. The Hall–Kier alpha value is -4.88. The monoisotopic (exact) mass is 635 g/mol. The van der Waals surface area contributed by atoms with Crippen LogP contribution in [0, 0.1) is 10.1 Å². The summed E-state index contributed by atoms with van der Waals surface area (Å²) in [6, 6.07) is 7.55. The Labute approximate surface area is 251 Å². The van der Waals surface area contributed by atoms with Crippen LogP contribution in [0.3, 0.4) is 0 Å². The number of alkyl halides is 3. The van der Waals surface area contributed by atoms with Crippen molar-refractivity contribution in [2.75, 3.05) is 12.0 Å². The predicted octanol–water partition coefficient (Wildman–Crippen LogP) is 7.12. The number of carbonyl (C=O) groups excluding carboxylic acids is 3. The largest absolute Gasteiger partial charge is 0.493 e. The first-order valence-electron chi connectivity index (χ1n) is 12.0. The highest BCUT2D eigenvalue weighted by molar-refractivity contribution is 6.43. The number of nitro benzene ring substituents is 1. The number of nitrogens with one attached hydrogen (secondary N) is 1. The number of barbiturate groups is 1. The number of allylic oxidation sites excluding steroid dienone is 1. The number of nitrogens with zero attached hydrogens (tertiary/aromatic N) is 2. The van der Waals surface area contributed by atoms with Gasteiger partial charge >= 0.3 is 17.9 Å². The van der Waals surface area contributed by atoms with Crippen molar-refractivity contribution < 1.29 is 42.0 Å². The molecule has 0 aromatic heterocycles. The minimum absolute atomic E-state index is 0.0403. The highest BCUT2D eigenvalue weighted by atomic mass is 35.5. The molecule has 3 aromatic carbocycles. The summed E-state index contributed by atoms with van der Waals surface area (Å²) in [5, 5.41) is 13.9. The van der Waals surface area contributed by atoms with Crippen LogP contribution in [0.4, 0.5) is 29.3 Å². The Morgan fingerprint density at radius 2 is 1.77 bits per heavy atom. The van der Waals surface area contributed by atoms with Gasteiger partial charge in [-0.15, -0.1) is 6.58 Å². The van der Waals surface area contributed by atoms with Gasteiger partial charge in [-0.25, -0.2) is 9.69 Å². The van der Waals surface area contributed by atoms with Crippen LogP contribution in [0.2, 0.25) is 10.0 Å². The number of anilines is 1. The predicted molar refractivity (Wildman–Crippen MR) is 151 cm³/mol. The Morgan fingerprint density at radius 3 is 2.37 bits per heavy atom. The highest BCUT2D eigenvalue weighted by Gasteiger charge is 2.37. The molecule has 3 aromatic rings. The maximum Gasteiger partial charge on any atom is 0.416 e. The first kappa shape index (κ1) is 31.1. The van der Waals surface area contributed by atoms with Gasteiger partial charge in [-0.05, 0) is 60.5 Å². The van der Waals surface area contributed by atoms with Crippen molar-refractivity contribution in [3.05, 3.63) is 104 Å². The van der Waals surface area contributed by atoms with E-state index >= 15 is 0 Å². The van der Waals surface area contributed by atoms with Crippen LogP contribution < -0.4 is 19.7 Å². The third kappa shape index (κ3) is 6.47. The molecule has 1 saturated heterocycles. The van der Waals surface area contributed by atoms with E-state index in [0.717, 1.165) is 6.07 Å². The van der Waals surface area contributed by atoms with Crippen LogP contribution >= 0.6 is 23.2 Å². The normalized spacial score (nSPS) is 14.5. The fraction of sp³-hybridized carbons (Fsp3) is 0.107. The quantitative estimate of drug-likeness (QED) is 0.0917. The summed E-state index contributed by atoms with van der Waals surface area (Å²) in [5.41, 5.74) is -2.08. The Balaban J connectivity index is 1.78. The average molecular weight is 636 g/mol. The molecular formula is C28H18Cl2F3N3O7. The molecular weight excluding hydrogens is 618 g/mol. The highest BCUT2D eigenvalue weighted by Crippen LogP contribution is 2.42. The molecule has 0 bridgehead atoms. The van der Waals surface area contributed by atoms with Gasteiger partial charge in [0.15, 0.2) is 11.5 Å². The first-order valence-corrected chi connectivity index (χ1v) is 12.7. The fourth-order valence-electron chi connectivity index (χ4n) is 4.06. The topological polar surface area (TPSA) is 128 Å². The van der Waals surface area contributed by atoms with Gasteiger partial charge in [-0.3, -0.25) is 25.0 Å². The number of carbonyl (C=O) groups is 3. The van der Waals surface area contributed by atoms with E-state index in [4.69, 9.17) is 32.7 Å². The fourth-order valence-corrected chi connectivity index (χ4v) is 4.35. The number of rotatable bonds is 8. The van der Waals surface area contributed by atoms with Gasteiger partial charge in [0.05, 0.1) is 33.3 Å². The van der Waals surface area contributed by atoms with Gasteiger partial charge < -0.3 is 9.47 Å². The van der Waals surface area contributed by atoms with Crippen molar-refractivity contribution in [1.29, 1.82) is 0 Å². The van der Waals surface area contributed by atoms with Gasteiger partial charge in [0.1, 0.15) is 5.57 Å². The van der Waals surface area contributed by atoms with E-state index in [1.165, 1.54) is 49.6 Å². The number of methoxy groups -OCH3 is 1. The molecule has 1 aliphatic heterocycles. The minimum Gasteiger partial charge on any atom is -0.493 e. The van der Waals surface area contributed by atoms with Crippen LogP contribution in [0.1, 0.15) is 16.7 Å². The standard InChI is InChI=1S/C28H18Cl2F3N3O7/c1-3-4-15-9-14(10-18-25(37)34-27(39)35(26(18)38)17-6-7-19(29)20(30)13-17)11-23(42-2)24(15)43-22-8-5-16(28(31,32)33)12-21(22)36(40)41/h3,5-13H,1,4H2,2H3,(H,34,37,39)/b18-10+. The lowest BCUT2D eigenvalue weighted by Gasteiger charge is -2.26. The summed E-state index contributed by atoms with van der Waals surface area (Å²) < 4.78 is 50.6. The third-order valence-electron chi connectivity index (χ3n) is 6.01. The van der Waals surface area contributed by atoms with E-state index in [9.17, 15) is 37.7 Å². The minimum atomic E-state index is -4.83. The van der Waals surface area contributed by atoms with E-state index in [1.54, 1.807) is 0 Å². The lowest BCUT2D eigenvalue weighted by atomic mass is 10.0. The van der Waals surface area contributed by atoms with Crippen LogP contribution in [0.15, 0.2) is 66.8 Å². The SMILES string of the molecule is C=CCc1cc(/C=C2\C(=O)NC(=O)N(c3ccc(Cl)c(Cl)c3)C2=O)cc(OC)c1Oc1ccc(C(F)(F)F)cc1[N+](=O)[O-]. The molecule has 0 atom stereocenters. The van der Waals surface area contributed by atoms with Crippen molar-refractivity contribution in [2.45, 2.75) is 12.6 Å². The number of imide groups is 2. The summed E-state index contributed by atoms with van der Waals surface area (Å²) in [6.45, 7) is 3.65. The van der Waals surface area contributed by atoms with Crippen LogP contribution in [-0.4, -0.2) is 29.9 Å². The van der Waals surface area contributed by atoms with Crippen molar-refractivity contribution in [3.8, 4) is 17.2 Å². The van der Waals surface area contributed by atoms with Crippen LogP contribution in [0.5, 0.6) is 17.2 Å². The Kier molecular flexibility index (Phi) is 8.78. The molecule has 4 amide bonds. The summed E-state index contributed by atoms with van der Waals surface area (Å²) in [6.07, 6.45) is -2.13. The zero-order valence-electron chi connectivity index (χ0n) is 21.8. The number of hydrogen-bond acceptors (Lipinski definition) is 7. The number of ether oxygens (including phenoxy) is 2.